The molecule has 0 saturated carbocycles. The number of anilines is 3. The van der Waals surface area contributed by atoms with E-state index in [1.807, 2.05) is 0 Å². The lowest BCUT2D eigenvalue weighted by Crippen LogP contribution is -2.37. The number of carboxylic acids is 1. The summed E-state index contributed by atoms with van der Waals surface area (Å²) in [5.41, 5.74) is 7.18. The van der Waals surface area contributed by atoms with Crippen LogP contribution in [0.4, 0.5) is 26.5 Å². The fraction of sp³-hybridized carbons (Fsp3) is 0.440. The lowest BCUT2D eigenvalue weighted by Gasteiger charge is -2.18. The molecule has 3 heterocycles. The van der Waals surface area contributed by atoms with Crippen molar-refractivity contribution >= 4 is 41.2 Å². The number of carbonyl (C=O) groups excluding carboxylic acids is 3. The van der Waals surface area contributed by atoms with Crippen molar-refractivity contribution in [1.82, 2.24) is 15.3 Å². The highest BCUT2D eigenvalue weighted by atomic mass is 19.1. The first kappa shape index (κ1) is 27.2. The van der Waals surface area contributed by atoms with Crippen molar-refractivity contribution in [3.8, 4) is 5.88 Å². The van der Waals surface area contributed by atoms with E-state index >= 15 is 0 Å². The zero-order chi connectivity index (χ0) is 28.4. The number of hydrogen-bond acceptors (Lipinski definition) is 10. The van der Waals surface area contributed by atoms with Crippen LogP contribution in [0.25, 0.3) is 0 Å². The smallest absolute Gasteiger partial charge is 0.415 e. The van der Waals surface area contributed by atoms with Crippen LogP contribution in [0.2, 0.25) is 0 Å². The molecule has 0 bridgehead atoms. The minimum atomic E-state index is -1.24. The van der Waals surface area contributed by atoms with Crippen molar-refractivity contribution in [3.63, 3.8) is 0 Å². The van der Waals surface area contributed by atoms with Gasteiger partial charge in [0.15, 0.2) is 18.2 Å². The molecular weight excluding hydrogens is 529 g/mol. The molecule has 212 valence electrons. The van der Waals surface area contributed by atoms with Crippen LogP contribution in [0.3, 0.4) is 0 Å². The molecule has 0 spiro atoms. The number of hydrogen-bond donors (Lipinski definition) is 5. The molecule has 14 nitrogen and oxygen atoms in total. The monoisotopic (exact) mass is 557 g/mol. The van der Waals surface area contributed by atoms with Gasteiger partial charge in [-0.3, -0.25) is 19.3 Å². The van der Waals surface area contributed by atoms with Crippen LogP contribution < -0.4 is 31.3 Å². The number of rotatable bonds is 10. The highest BCUT2D eigenvalue weighted by molar-refractivity contribution is 5.97. The van der Waals surface area contributed by atoms with Crippen LogP contribution in [0.5, 0.6) is 5.88 Å². The van der Waals surface area contributed by atoms with Gasteiger partial charge < -0.3 is 36.3 Å². The number of aliphatic carboxylic acids is 1. The first-order valence-electron chi connectivity index (χ1n) is 12.7. The van der Waals surface area contributed by atoms with Crippen LogP contribution in [-0.4, -0.2) is 77.3 Å². The van der Waals surface area contributed by atoms with Gasteiger partial charge in [-0.1, -0.05) is 0 Å². The SMILES string of the molecule is NC(CC(=O)O)C(=O)Nc1cc(F)c2c(c1)CC(CNCCC1CN(c3cnc4c(n3)NC(=O)CO4)C(=O)O1)C2. The maximum Gasteiger partial charge on any atom is 0.415 e. The topological polar surface area (TPSA) is 198 Å². The Morgan fingerprint density at radius 3 is 2.92 bits per heavy atom. The van der Waals surface area contributed by atoms with Gasteiger partial charge in [-0.25, -0.2) is 19.2 Å². The largest absolute Gasteiger partial charge is 0.481 e. The van der Waals surface area contributed by atoms with Gasteiger partial charge in [0.25, 0.3) is 11.8 Å². The van der Waals surface area contributed by atoms with E-state index in [1.165, 1.54) is 17.2 Å². The summed E-state index contributed by atoms with van der Waals surface area (Å²) in [6, 6.07) is 1.67. The van der Waals surface area contributed by atoms with Crippen molar-refractivity contribution in [2.75, 3.05) is 41.8 Å². The molecule has 15 heteroatoms. The summed E-state index contributed by atoms with van der Waals surface area (Å²) >= 11 is 0. The lowest BCUT2D eigenvalue weighted by molar-refractivity contribution is -0.138. The van der Waals surface area contributed by atoms with Gasteiger partial charge in [-0.2, -0.15) is 0 Å². The summed E-state index contributed by atoms with van der Waals surface area (Å²) in [7, 11) is 0. The van der Waals surface area contributed by atoms with Crippen LogP contribution in [-0.2, 0) is 32.0 Å². The Hall–Kier alpha value is -4.37. The zero-order valence-electron chi connectivity index (χ0n) is 21.3. The van der Waals surface area contributed by atoms with E-state index in [9.17, 15) is 23.6 Å². The Labute approximate surface area is 227 Å². The Bertz CT molecular complexity index is 1360. The van der Waals surface area contributed by atoms with Crippen LogP contribution >= 0.6 is 0 Å². The van der Waals surface area contributed by atoms with E-state index in [-0.39, 0.29) is 54.3 Å². The Morgan fingerprint density at radius 1 is 1.30 bits per heavy atom. The van der Waals surface area contributed by atoms with E-state index in [1.54, 1.807) is 6.07 Å². The molecule has 2 aliphatic heterocycles. The lowest BCUT2D eigenvalue weighted by atomic mass is 10.1. The molecule has 5 rings (SSSR count). The summed E-state index contributed by atoms with van der Waals surface area (Å²) in [6.07, 6.45) is 1.61. The third kappa shape index (κ3) is 6.10. The van der Waals surface area contributed by atoms with Crippen molar-refractivity contribution in [1.29, 1.82) is 0 Å². The molecule has 6 N–H and O–H groups in total. The summed E-state index contributed by atoms with van der Waals surface area (Å²) in [4.78, 5) is 56.5. The highest BCUT2D eigenvalue weighted by Gasteiger charge is 2.34. The number of ether oxygens (including phenoxy) is 2. The van der Waals surface area contributed by atoms with E-state index in [4.69, 9.17) is 20.3 Å². The fourth-order valence-electron chi connectivity index (χ4n) is 4.92. The van der Waals surface area contributed by atoms with E-state index in [0.717, 1.165) is 5.56 Å². The third-order valence-electron chi connectivity index (χ3n) is 6.84. The van der Waals surface area contributed by atoms with Gasteiger partial charge in [-0.05, 0) is 61.5 Å². The molecule has 1 saturated heterocycles. The predicted octanol–water partition coefficient (Wildman–Crippen LogP) is 0.407. The minimum absolute atomic E-state index is 0.135. The zero-order valence-corrected chi connectivity index (χ0v) is 21.3. The van der Waals surface area contributed by atoms with Crippen molar-refractivity contribution < 1.29 is 38.1 Å². The van der Waals surface area contributed by atoms with Gasteiger partial charge in [0.1, 0.15) is 11.9 Å². The van der Waals surface area contributed by atoms with Gasteiger partial charge >= 0.3 is 12.1 Å². The minimum Gasteiger partial charge on any atom is -0.481 e. The van der Waals surface area contributed by atoms with E-state index in [0.29, 0.717) is 37.9 Å². The van der Waals surface area contributed by atoms with Crippen molar-refractivity contribution in [3.05, 3.63) is 35.3 Å². The maximum absolute atomic E-state index is 14.7. The van der Waals surface area contributed by atoms with Gasteiger partial charge in [-0.15, -0.1) is 0 Å². The standard InChI is InChI=1S/C25H28FN7O7/c26-17-6-14(30-23(37)18(27)7-21(35)36)5-13-3-12(4-16(13)17)8-28-2-1-15-10-33(25(38)40-15)19-9-29-24-22(31-19)32-20(34)11-39-24/h5-6,9,12,15,18,28H,1-4,7-8,10-11,27H2,(H,30,37)(H,35,36)(H,31,32,34). The molecule has 1 aromatic carbocycles. The van der Waals surface area contributed by atoms with Gasteiger partial charge in [0.2, 0.25) is 5.91 Å². The summed E-state index contributed by atoms with van der Waals surface area (Å²) < 4.78 is 25.4. The number of aromatic nitrogens is 2. The molecule has 40 heavy (non-hydrogen) atoms. The summed E-state index contributed by atoms with van der Waals surface area (Å²) in [5, 5.41) is 17.2. The normalized spacial score (nSPS) is 20.2. The Balaban J connectivity index is 1.08. The number of nitrogens with two attached hydrogens (primary N) is 1. The predicted molar refractivity (Wildman–Crippen MR) is 137 cm³/mol. The number of cyclic esters (lactones) is 1. The summed E-state index contributed by atoms with van der Waals surface area (Å²) in [5.74, 6) is -1.96. The second-order valence-electron chi connectivity index (χ2n) is 9.89. The average molecular weight is 558 g/mol. The molecule has 1 fully saturated rings. The number of nitrogens with one attached hydrogen (secondary N) is 3. The third-order valence-corrected chi connectivity index (χ3v) is 6.84. The number of nitrogens with zero attached hydrogens (tertiary/aromatic N) is 3. The number of benzene rings is 1. The quantitative estimate of drug-likeness (QED) is 0.254. The first-order valence-corrected chi connectivity index (χ1v) is 12.7. The van der Waals surface area contributed by atoms with E-state index < -0.39 is 36.2 Å². The Morgan fingerprint density at radius 2 is 2.12 bits per heavy atom. The number of amides is 3. The second-order valence-corrected chi connectivity index (χ2v) is 9.89. The number of fused-ring (bicyclic) bond motifs is 2. The van der Waals surface area contributed by atoms with Crippen molar-refractivity contribution in [2.45, 2.75) is 37.8 Å². The molecule has 1 aliphatic carbocycles. The molecule has 3 amide bonds. The molecule has 3 unspecified atom stereocenters. The van der Waals surface area contributed by atoms with Crippen molar-refractivity contribution in [2.24, 2.45) is 11.7 Å². The van der Waals surface area contributed by atoms with Crippen LogP contribution in [0, 0.1) is 11.7 Å². The number of carbonyl (C=O) groups is 4. The molecule has 1 aromatic heterocycles. The van der Waals surface area contributed by atoms with Crippen LogP contribution in [0.15, 0.2) is 18.3 Å². The average Bonchev–Trinajstić information content (AvgIpc) is 3.48. The second kappa shape index (κ2) is 11.4. The maximum atomic E-state index is 14.7. The first-order chi connectivity index (χ1) is 19.2. The number of halogens is 1. The number of carboxylic acid groups (broad SMARTS) is 1. The van der Waals surface area contributed by atoms with Gasteiger partial charge in [0.05, 0.1) is 25.2 Å². The molecule has 0 radical (unpaired) electrons. The summed E-state index contributed by atoms with van der Waals surface area (Å²) in [6.45, 7) is 1.30. The molecular formula is C25H28FN7O7. The molecule has 2 aromatic rings. The fourth-order valence-corrected chi connectivity index (χ4v) is 4.92. The highest BCUT2D eigenvalue weighted by Crippen LogP contribution is 2.32. The van der Waals surface area contributed by atoms with Gasteiger partial charge in [0, 0.05) is 5.69 Å². The Kier molecular flexibility index (Phi) is 7.75. The molecule has 3 atom stereocenters. The van der Waals surface area contributed by atoms with Crippen LogP contribution in [0.1, 0.15) is 24.0 Å². The molecule has 3 aliphatic rings. The van der Waals surface area contributed by atoms with E-state index in [2.05, 4.69) is 25.9 Å².